The lowest BCUT2D eigenvalue weighted by molar-refractivity contribution is -0.133. The molecule has 0 aliphatic heterocycles. The van der Waals surface area contributed by atoms with Crippen LogP contribution in [-0.4, -0.2) is 59.8 Å². The first-order chi connectivity index (χ1) is 19.2. The minimum Gasteiger partial charge on any atom is -0.378 e. The summed E-state index contributed by atoms with van der Waals surface area (Å²) in [4.78, 5) is 35.6. The quantitative estimate of drug-likeness (QED) is 0.250. The summed E-state index contributed by atoms with van der Waals surface area (Å²) in [7, 11) is 3.94. The third-order valence-corrected chi connectivity index (χ3v) is 7.36. The Morgan fingerprint density at radius 2 is 1.70 bits per heavy atom. The van der Waals surface area contributed by atoms with E-state index < -0.39 is 17.5 Å². The van der Waals surface area contributed by atoms with Crippen LogP contribution in [0.5, 0.6) is 0 Å². The minimum absolute atomic E-state index is 0.214. The van der Waals surface area contributed by atoms with Gasteiger partial charge in [0.15, 0.2) is 0 Å². The Hall–Kier alpha value is -4.20. The summed E-state index contributed by atoms with van der Waals surface area (Å²) >= 11 is 0. The number of hydrogen-bond donors (Lipinski definition) is 1. The largest absolute Gasteiger partial charge is 0.378 e. The summed E-state index contributed by atoms with van der Waals surface area (Å²) in [5, 5.41) is 1.11. The van der Waals surface area contributed by atoms with Gasteiger partial charge < -0.3 is 19.7 Å². The van der Waals surface area contributed by atoms with E-state index in [1.807, 2.05) is 87.6 Å². The van der Waals surface area contributed by atoms with Gasteiger partial charge in [-0.25, -0.2) is 8.78 Å². The highest BCUT2D eigenvalue weighted by Gasteiger charge is 2.27. The van der Waals surface area contributed by atoms with E-state index >= 15 is 0 Å². The molecule has 2 amide bonds. The van der Waals surface area contributed by atoms with Crippen LogP contribution in [-0.2, 0) is 17.8 Å². The predicted octanol–water partition coefficient (Wildman–Crippen LogP) is 6.02. The van der Waals surface area contributed by atoms with E-state index in [2.05, 4.69) is 4.98 Å². The maximum atomic E-state index is 14.5. The highest BCUT2D eigenvalue weighted by Crippen LogP contribution is 2.21. The molecule has 6 nitrogen and oxygen atoms in total. The van der Waals surface area contributed by atoms with Gasteiger partial charge in [-0.3, -0.25) is 9.59 Å². The molecule has 210 valence electrons. The van der Waals surface area contributed by atoms with E-state index in [9.17, 15) is 18.4 Å². The van der Waals surface area contributed by atoms with Crippen LogP contribution in [0, 0.1) is 11.6 Å². The Bertz CT molecular complexity index is 1470. The van der Waals surface area contributed by atoms with Crippen molar-refractivity contribution in [2.45, 2.75) is 39.3 Å². The van der Waals surface area contributed by atoms with Gasteiger partial charge in [-0.05, 0) is 61.2 Å². The molecule has 1 aromatic heterocycles. The van der Waals surface area contributed by atoms with Crippen molar-refractivity contribution in [2.24, 2.45) is 0 Å². The van der Waals surface area contributed by atoms with E-state index in [-0.39, 0.29) is 24.1 Å². The molecule has 1 atom stereocenters. The van der Waals surface area contributed by atoms with Crippen LogP contribution < -0.4 is 4.90 Å². The number of nitrogens with zero attached hydrogens (tertiary/aromatic N) is 3. The topological polar surface area (TPSA) is 59.7 Å². The number of anilines is 1. The molecule has 0 saturated heterocycles. The molecular formula is C32H36F2N4O2. The number of amides is 2. The van der Waals surface area contributed by atoms with Gasteiger partial charge in [-0.2, -0.15) is 0 Å². The van der Waals surface area contributed by atoms with Crippen LogP contribution in [0.2, 0.25) is 0 Å². The molecule has 1 heterocycles. The third kappa shape index (κ3) is 6.68. The van der Waals surface area contributed by atoms with Gasteiger partial charge in [-0.1, -0.05) is 37.3 Å². The first-order valence-corrected chi connectivity index (χ1v) is 13.5. The fraction of sp³-hybridized carbons (Fsp3) is 0.312. The average molecular weight is 547 g/mol. The van der Waals surface area contributed by atoms with Gasteiger partial charge in [-0.15, -0.1) is 0 Å². The van der Waals surface area contributed by atoms with Crippen molar-refractivity contribution < 1.29 is 18.4 Å². The van der Waals surface area contributed by atoms with E-state index in [1.54, 1.807) is 4.90 Å². The number of H-pyrrole nitrogens is 1. The zero-order valence-corrected chi connectivity index (χ0v) is 23.5. The van der Waals surface area contributed by atoms with Crippen LogP contribution in [0.4, 0.5) is 14.5 Å². The lowest BCUT2D eigenvalue weighted by Gasteiger charge is -2.31. The van der Waals surface area contributed by atoms with Crippen molar-refractivity contribution in [3.63, 3.8) is 0 Å². The average Bonchev–Trinajstić information content (AvgIpc) is 3.36. The maximum absolute atomic E-state index is 14.5. The Balaban J connectivity index is 1.59. The van der Waals surface area contributed by atoms with E-state index in [1.165, 1.54) is 4.90 Å². The molecule has 0 radical (unpaired) electrons. The fourth-order valence-electron chi connectivity index (χ4n) is 4.72. The maximum Gasteiger partial charge on any atom is 0.257 e. The van der Waals surface area contributed by atoms with Crippen molar-refractivity contribution in [2.75, 3.05) is 32.1 Å². The molecule has 0 fully saturated rings. The van der Waals surface area contributed by atoms with Gasteiger partial charge >= 0.3 is 0 Å². The summed E-state index contributed by atoms with van der Waals surface area (Å²) < 4.78 is 28.0. The number of fused-ring (bicyclic) bond motifs is 1. The van der Waals surface area contributed by atoms with E-state index in [4.69, 9.17) is 0 Å². The number of carbonyl (C=O) groups excluding carboxylic acids is 2. The van der Waals surface area contributed by atoms with Gasteiger partial charge in [0, 0.05) is 62.1 Å². The number of benzene rings is 3. The van der Waals surface area contributed by atoms with Crippen molar-refractivity contribution in [3.05, 3.63) is 101 Å². The van der Waals surface area contributed by atoms with Gasteiger partial charge in [0.2, 0.25) is 5.91 Å². The number of halogens is 2. The van der Waals surface area contributed by atoms with Crippen molar-refractivity contribution in [3.8, 4) is 0 Å². The molecule has 0 saturated carbocycles. The Morgan fingerprint density at radius 1 is 0.975 bits per heavy atom. The number of aromatic amines is 1. The van der Waals surface area contributed by atoms with Gasteiger partial charge in [0.05, 0.1) is 5.56 Å². The second kappa shape index (κ2) is 12.8. The molecule has 4 rings (SSSR count). The van der Waals surface area contributed by atoms with Gasteiger partial charge in [0.1, 0.15) is 18.2 Å². The molecule has 3 aromatic carbocycles. The second-order valence-electron chi connectivity index (χ2n) is 10.3. The number of carbonyl (C=O) groups is 2. The molecule has 0 spiro atoms. The monoisotopic (exact) mass is 546 g/mol. The molecule has 1 unspecified atom stereocenters. The highest BCUT2D eigenvalue weighted by molar-refractivity contribution is 5.97. The fourth-order valence-corrected chi connectivity index (χ4v) is 4.72. The number of aromatic nitrogens is 1. The summed E-state index contributed by atoms with van der Waals surface area (Å²) in [6.07, 6.45) is 3.16. The van der Waals surface area contributed by atoms with Crippen LogP contribution in [0.25, 0.3) is 10.9 Å². The highest BCUT2D eigenvalue weighted by atomic mass is 19.1. The lowest BCUT2D eigenvalue weighted by Crippen LogP contribution is -2.47. The molecule has 4 aromatic rings. The Labute approximate surface area is 234 Å². The first-order valence-electron chi connectivity index (χ1n) is 13.5. The molecule has 0 aliphatic rings. The normalized spacial score (nSPS) is 11.8. The SMILES string of the molecule is CCC(C)N(CC(=O)N(CCc1c[nH]c2ccccc12)Cc1ccc(N(C)C)cc1)C(=O)c1ccc(F)cc1F. The lowest BCUT2D eigenvalue weighted by atomic mass is 10.1. The van der Waals surface area contributed by atoms with Gasteiger partial charge in [0.25, 0.3) is 5.91 Å². The standard InChI is InChI=1S/C32H36F2N4O2/c1-5-22(2)38(32(40)28-15-12-25(33)18-29(28)34)21-31(39)37(20-23-10-13-26(14-11-23)36(3)4)17-16-24-19-35-30-9-7-6-8-27(24)30/h6-15,18-19,22,35H,5,16-17,20-21H2,1-4H3. The Morgan fingerprint density at radius 3 is 2.38 bits per heavy atom. The number of rotatable bonds is 11. The van der Waals surface area contributed by atoms with Crippen molar-refractivity contribution in [1.29, 1.82) is 0 Å². The number of nitrogens with one attached hydrogen (secondary N) is 1. The van der Waals surface area contributed by atoms with E-state index in [0.717, 1.165) is 39.8 Å². The summed E-state index contributed by atoms with van der Waals surface area (Å²) in [5.74, 6) is -2.58. The Kier molecular flexibility index (Phi) is 9.19. The van der Waals surface area contributed by atoms with Crippen LogP contribution >= 0.6 is 0 Å². The molecule has 1 N–H and O–H groups in total. The first kappa shape index (κ1) is 28.8. The van der Waals surface area contributed by atoms with Crippen LogP contribution in [0.3, 0.4) is 0 Å². The zero-order valence-electron chi connectivity index (χ0n) is 23.5. The molecular weight excluding hydrogens is 510 g/mol. The molecule has 40 heavy (non-hydrogen) atoms. The molecule has 0 aliphatic carbocycles. The van der Waals surface area contributed by atoms with Crippen LogP contribution in [0.1, 0.15) is 41.8 Å². The zero-order chi connectivity index (χ0) is 28.8. The number of para-hydroxylation sites is 1. The molecule has 0 bridgehead atoms. The van der Waals surface area contributed by atoms with Crippen molar-refractivity contribution in [1.82, 2.24) is 14.8 Å². The van der Waals surface area contributed by atoms with Crippen LogP contribution in [0.15, 0.2) is 72.9 Å². The number of hydrogen-bond acceptors (Lipinski definition) is 3. The minimum atomic E-state index is -0.942. The smallest absolute Gasteiger partial charge is 0.257 e. The van der Waals surface area contributed by atoms with E-state index in [0.29, 0.717) is 32.0 Å². The summed E-state index contributed by atoms with van der Waals surface area (Å²) in [6, 6.07) is 18.6. The third-order valence-electron chi connectivity index (χ3n) is 7.36. The predicted molar refractivity (Wildman–Crippen MR) is 155 cm³/mol. The summed E-state index contributed by atoms with van der Waals surface area (Å²) in [6.45, 7) is 4.31. The molecule has 8 heteroatoms. The summed E-state index contributed by atoms with van der Waals surface area (Å²) in [5.41, 5.74) is 3.89. The van der Waals surface area contributed by atoms with Crippen molar-refractivity contribution >= 4 is 28.4 Å². The second-order valence-corrected chi connectivity index (χ2v) is 10.3.